The van der Waals surface area contributed by atoms with Crippen molar-refractivity contribution in [3.05, 3.63) is 138 Å². The molecule has 0 heterocycles. The van der Waals surface area contributed by atoms with E-state index in [4.69, 9.17) is 23.7 Å². The fourth-order valence-electron chi connectivity index (χ4n) is 8.04. The Labute approximate surface area is 857 Å². The first-order valence-electron chi connectivity index (χ1n) is 33.5. The molecule has 0 bridgehead atoms. The van der Waals surface area contributed by atoms with Crippen LogP contribution in [0.25, 0.3) is 23.6 Å². The molecule has 0 aliphatic rings. The number of benzene rings is 5. The summed E-state index contributed by atoms with van der Waals surface area (Å²) in [5.41, 5.74) is -26.3. The number of ether oxygens (including phenoxy) is 8. The molecule has 5 aromatic carbocycles. The molecule has 37 nitrogen and oxygen atoms in total. The molecule has 0 saturated heterocycles. The van der Waals surface area contributed by atoms with Gasteiger partial charge in [0.05, 0.1) is 112 Å². The number of hydrogen-bond acceptors (Lipinski definition) is 28. The number of nitrogens with one attached hydrogen (secondary N) is 1. The van der Waals surface area contributed by atoms with Gasteiger partial charge in [0, 0.05) is 62.9 Å². The molecular formula is C65H60F15I9N9O28S5-5. The van der Waals surface area contributed by atoms with Crippen molar-refractivity contribution in [2.24, 2.45) is 0 Å². The van der Waals surface area contributed by atoms with Crippen LogP contribution in [0.3, 0.4) is 0 Å². The second kappa shape index (κ2) is 53.6. The molecule has 4 amide bonds. The van der Waals surface area contributed by atoms with Crippen LogP contribution in [0.4, 0.5) is 88.6 Å². The number of halogens is 24. The summed E-state index contributed by atoms with van der Waals surface area (Å²) < 4.78 is 345. The van der Waals surface area contributed by atoms with Gasteiger partial charge in [0.25, 0.3) is 0 Å². The maximum Gasteiger partial charge on any atom is 0.480 e. The lowest BCUT2D eigenvalue weighted by molar-refractivity contribution is -0.132. The fourth-order valence-corrected chi connectivity index (χ4v) is 21.5. The van der Waals surface area contributed by atoms with Crippen molar-refractivity contribution in [2.45, 2.75) is 62.2 Å². The number of hydrogen-bond donors (Lipinski definition) is 1. The second-order valence-electron chi connectivity index (χ2n) is 23.4. The molecule has 5 aromatic rings. The van der Waals surface area contributed by atoms with Crippen molar-refractivity contribution in [2.75, 3.05) is 121 Å². The van der Waals surface area contributed by atoms with Crippen LogP contribution in [0.5, 0.6) is 17.2 Å². The standard InChI is InChI=1S/C16H16F3I3N3O6S.C15H14F3I3N3O6S.C12H10F3INO6S.2C11H10F3INO5S/c1-7(26)24(3)13-10(20)9(11(21)14(12(13)22)25(4)8(2)27)15(28)31-6-5-23-32(29,30)16(17,18)19;1-6(25)23-12-9(19)8(10(20)13(11(12)21)24(3)7(2)26)14(27)30-5-4-22-31(28,29)15(16,17)18;1-7(18)23-10-6-8(16)2-3-9(10)11(19)22-5-4-17-24(20,21)12(13,14)15;1-20-9-6-7(15)2-3-8(9)10(17)21-5-4-16-22(18,19)11(12,13)14;1-20-9-6-7(2-3-8(9)15)10(17)21-5-4-16-22(18,19)11(12,13)14/h5-6H2,1-4H3;4-5H2,1-3H3,(H,23,25);2-3,6H,4-5H2,1H3;2*2-3,6H,4-5H2,1H3/q5*-1. The van der Waals surface area contributed by atoms with Crippen LogP contribution in [0.15, 0.2) is 54.6 Å². The molecule has 0 atom stereocenters. The quantitative estimate of drug-likeness (QED) is 0.0104. The summed E-state index contributed by atoms with van der Waals surface area (Å²) in [6, 6.07) is 13.2. The van der Waals surface area contributed by atoms with Gasteiger partial charge in [-0.1, -0.05) is 0 Å². The molecule has 131 heavy (non-hydrogen) atoms. The molecular weight excluding hydrogens is 2940 g/mol. The number of alkyl halides is 15. The zero-order valence-electron chi connectivity index (χ0n) is 66.9. The summed E-state index contributed by atoms with van der Waals surface area (Å²) in [5.74, 6) is -6.26. The Morgan fingerprint density at radius 2 is 0.626 bits per heavy atom. The molecule has 0 spiro atoms. The van der Waals surface area contributed by atoms with E-state index in [0.29, 0.717) is 44.2 Å². The third kappa shape index (κ3) is 38.3. The fraction of sp³-hybridized carbons (Fsp3) is 0.385. The van der Waals surface area contributed by atoms with Crippen LogP contribution in [0.2, 0.25) is 0 Å². The van der Waals surface area contributed by atoms with Gasteiger partial charge in [0.1, 0.15) is 28.4 Å². The van der Waals surface area contributed by atoms with Crippen LogP contribution < -0.4 is 34.2 Å². The minimum atomic E-state index is -5.70. The number of anilines is 4. The number of rotatable bonds is 32. The van der Waals surface area contributed by atoms with E-state index < -0.39 is 185 Å². The highest BCUT2D eigenvalue weighted by Gasteiger charge is 2.43. The monoisotopic (exact) mass is 3000 g/mol. The number of sulfonamides is 5. The number of amides is 4. The van der Waals surface area contributed by atoms with Gasteiger partial charge in [-0.25, -0.2) is 66.1 Å². The highest BCUT2D eigenvalue weighted by Crippen LogP contribution is 2.45. The zero-order chi connectivity index (χ0) is 102. The molecule has 0 aliphatic carbocycles. The number of methoxy groups -OCH3 is 2. The van der Waals surface area contributed by atoms with Crippen molar-refractivity contribution >= 4 is 336 Å². The SMILES string of the molecule is CC(=O)N(C)c1c(I)c(C(=O)OCC[N-]S(=O)(=O)C(F)(F)F)c(I)c(N(C)C(C)=O)c1I.CC(=O)Nc1c(I)c(C(=O)OCC[N-]S(=O)(=O)C(F)(F)F)c(I)c(N(C)C(C)=O)c1I.CC(=O)Oc1cc(I)ccc1C(=O)OCC[N-]S(=O)(=O)C(F)(F)F.COc1cc(C(=O)OCC[N-]S(=O)(=O)C(F)(F)F)ccc1I.COc1cc(I)ccc1C(=O)OCC[N-]S(=O)(=O)C(F)(F)F. The summed E-state index contributed by atoms with van der Waals surface area (Å²) in [7, 11) is -21.0. The predicted octanol–water partition coefficient (Wildman–Crippen LogP) is 15.6. The Kier molecular flexibility index (Phi) is 50.9. The van der Waals surface area contributed by atoms with Crippen molar-refractivity contribution < 1.29 is 194 Å². The maximum absolute atomic E-state index is 12.8. The predicted molar refractivity (Wildman–Crippen MR) is 510 cm³/mol. The molecule has 5 rings (SSSR count). The number of esters is 6. The van der Waals surface area contributed by atoms with E-state index in [9.17, 15) is 156 Å². The van der Waals surface area contributed by atoms with Crippen molar-refractivity contribution in [3.8, 4) is 17.2 Å². The first kappa shape index (κ1) is 124. The van der Waals surface area contributed by atoms with Gasteiger partial charge in [-0.2, -0.15) is 65.9 Å². The average molecular weight is 3000 g/mol. The van der Waals surface area contributed by atoms with Crippen molar-refractivity contribution in [1.82, 2.24) is 0 Å². The number of nitrogens with zero attached hydrogens (tertiary/aromatic N) is 8. The Morgan fingerprint density at radius 1 is 0.351 bits per heavy atom. The minimum Gasteiger partial charge on any atom is -0.538 e. The Balaban J connectivity index is 0.000000826. The topological polar surface area (TPSA) is 507 Å². The zero-order valence-corrected chi connectivity index (χ0v) is 90.4. The van der Waals surface area contributed by atoms with Crippen molar-refractivity contribution in [3.63, 3.8) is 0 Å². The highest BCUT2D eigenvalue weighted by atomic mass is 127. The molecule has 0 radical (unpaired) electrons. The lowest BCUT2D eigenvalue weighted by Crippen LogP contribution is -2.30. The smallest absolute Gasteiger partial charge is 0.480 e. The van der Waals surface area contributed by atoms with Gasteiger partial charge in [0.2, 0.25) is 23.6 Å². The largest absolute Gasteiger partial charge is 0.538 e. The van der Waals surface area contributed by atoms with Gasteiger partial charge >= 0.3 is 63.4 Å². The molecule has 0 fully saturated rings. The van der Waals surface area contributed by atoms with Crippen LogP contribution in [-0.2, 0) is 97.8 Å². The molecule has 66 heteroatoms. The first-order valence-corrected chi connectivity index (χ1v) is 50.4. The van der Waals surface area contributed by atoms with Crippen LogP contribution >= 0.6 is 203 Å². The maximum atomic E-state index is 12.8. The van der Waals surface area contributed by atoms with Crippen LogP contribution in [0, 0.1) is 32.1 Å². The van der Waals surface area contributed by atoms with E-state index in [0.717, 1.165) is 14.1 Å². The van der Waals surface area contributed by atoms with Gasteiger partial charge in [0.15, 0.2) is 50.1 Å². The molecule has 0 unspecified atom stereocenters. The summed E-state index contributed by atoms with van der Waals surface area (Å²) >= 11 is 17.0. The number of carbonyl (C=O) groups excluding carboxylic acids is 10. The molecule has 0 aromatic heterocycles. The lowest BCUT2D eigenvalue weighted by atomic mass is 10.1. The van der Waals surface area contributed by atoms with Gasteiger partial charge < -0.3 is 81.5 Å². The van der Waals surface area contributed by atoms with Crippen LogP contribution in [0.1, 0.15) is 86.4 Å². The molecule has 736 valence electrons. The molecule has 0 aliphatic heterocycles. The molecule has 0 saturated carbocycles. The van der Waals surface area contributed by atoms with E-state index in [-0.39, 0.29) is 66.3 Å². The van der Waals surface area contributed by atoms with E-state index in [1.54, 1.807) is 63.4 Å². The van der Waals surface area contributed by atoms with Gasteiger partial charge in [-0.3, -0.25) is 24.0 Å². The van der Waals surface area contributed by atoms with E-state index in [2.05, 4.69) is 43.1 Å². The van der Waals surface area contributed by atoms with E-state index in [1.165, 1.54) is 114 Å². The first-order chi connectivity index (χ1) is 59.6. The normalized spacial score (nSPS) is 11.9. The lowest BCUT2D eigenvalue weighted by Gasteiger charge is -2.27. The van der Waals surface area contributed by atoms with Gasteiger partial charge in [-0.15, -0.1) is 32.7 Å². The van der Waals surface area contributed by atoms with E-state index in [1.807, 2.05) is 158 Å². The average Bonchev–Trinajstić information content (AvgIpc) is 0.763. The third-order valence-corrected chi connectivity index (χ3v) is 28.3. The Bertz CT molecular complexity index is 5620. The minimum absolute atomic E-state index is 0.0310. The van der Waals surface area contributed by atoms with Crippen molar-refractivity contribution in [1.29, 1.82) is 0 Å². The van der Waals surface area contributed by atoms with Gasteiger partial charge in [-0.05, 0) is 258 Å². The van der Waals surface area contributed by atoms with E-state index >= 15 is 0 Å². The Hall–Kier alpha value is -4.53. The summed E-state index contributed by atoms with van der Waals surface area (Å²) in [6.45, 7) is -1.46. The molecule has 1 N–H and O–H groups in total. The summed E-state index contributed by atoms with van der Waals surface area (Å²) in [4.78, 5) is 123. The number of carbonyl (C=O) groups is 10. The highest BCUT2D eigenvalue weighted by molar-refractivity contribution is 14.1. The Morgan fingerprint density at radius 3 is 0.908 bits per heavy atom. The van der Waals surface area contributed by atoms with Crippen LogP contribution in [-0.4, -0.2) is 230 Å². The summed E-state index contributed by atoms with van der Waals surface area (Å²) in [5, 5.41) is 2.58. The second-order valence-corrected chi connectivity index (χ2v) is 41.9. The third-order valence-electron chi connectivity index (χ3n) is 14.3. The summed E-state index contributed by atoms with van der Waals surface area (Å²) in [6.07, 6.45) is 0.